The Morgan fingerprint density at radius 2 is 2.05 bits per heavy atom. The first-order valence-electron chi connectivity index (χ1n) is 6.81. The van der Waals surface area contributed by atoms with Gasteiger partial charge in [0.2, 0.25) is 10.0 Å². The first-order valence-corrected chi connectivity index (χ1v) is 8.29. The maximum absolute atomic E-state index is 12.1. The van der Waals surface area contributed by atoms with E-state index in [1.54, 1.807) is 19.1 Å². The second-order valence-corrected chi connectivity index (χ2v) is 6.29. The summed E-state index contributed by atoms with van der Waals surface area (Å²) in [6.45, 7) is 2.00. The summed E-state index contributed by atoms with van der Waals surface area (Å²) in [7, 11) is -3.72. The van der Waals surface area contributed by atoms with Gasteiger partial charge in [0.1, 0.15) is 0 Å². The van der Waals surface area contributed by atoms with Gasteiger partial charge in [0, 0.05) is 13.0 Å². The van der Waals surface area contributed by atoms with Crippen LogP contribution in [0.4, 0.5) is 0 Å². The minimum Gasteiger partial charge on any atom is -0.481 e. The predicted molar refractivity (Wildman–Crippen MR) is 78.8 cm³/mol. The van der Waals surface area contributed by atoms with Crippen molar-refractivity contribution in [2.75, 3.05) is 13.2 Å². The standard InChI is InChI=1S/C14H19NO6S/c1-2-21-14(18)10-11-5-3-6-12(9-11)22(19,20)15-8-4-7-13(16)17/h3,5-6,9,15H,2,4,7-8,10H2,1H3,(H,16,17). The molecule has 0 fully saturated rings. The molecule has 1 aromatic carbocycles. The zero-order chi connectivity index (χ0) is 16.6. The van der Waals surface area contributed by atoms with Crippen LogP contribution in [0.25, 0.3) is 0 Å². The highest BCUT2D eigenvalue weighted by Crippen LogP contribution is 2.12. The lowest BCUT2D eigenvalue weighted by Gasteiger charge is -2.08. The van der Waals surface area contributed by atoms with Gasteiger partial charge in [0.05, 0.1) is 17.9 Å². The first-order chi connectivity index (χ1) is 10.3. The molecule has 0 aromatic heterocycles. The fourth-order valence-corrected chi connectivity index (χ4v) is 2.87. The molecular weight excluding hydrogens is 310 g/mol. The number of hydrogen-bond donors (Lipinski definition) is 2. The normalized spacial score (nSPS) is 11.1. The third-order valence-corrected chi connectivity index (χ3v) is 4.18. The molecule has 22 heavy (non-hydrogen) atoms. The van der Waals surface area contributed by atoms with Crippen LogP contribution in [0.2, 0.25) is 0 Å². The highest BCUT2D eigenvalue weighted by Gasteiger charge is 2.15. The minimum atomic E-state index is -3.72. The molecule has 1 rings (SSSR count). The van der Waals surface area contributed by atoms with E-state index in [9.17, 15) is 18.0 Å². The summed E-state index contributed by atoms with van der Waals surface area (Å²) >= 11 is 0. The molecule has 0 radical (unpaired) electrons. The number of carbonyl (C=O) groups excluding carboxylic acids is 1. The molecule has 7 nitrogen and oxygen atoms in total. The number of sulfonamides is 1. The fraction of sp³-hybridized carbons (Fsp3) is 0.429. The van der Waals surface area contributed by atoms with Gasteiger partial charge in [-0.15, -0.1) is 0 Å². The number of carbonyl (C=O) groups is 2. The van der Waals surface area contributed by atoms with E-state index in [4.69, 9.17) is 9.84 Å². The summed E-state index contributed by atoms with van der Waals surface area (Å²) < 4.78 is 31.3. The summed E-state index contributed by atoms with van der Waals surface area (Å²) in [5, 5.41) is 8.50. The lowest BCUT2D eigenvalue weighted by molar-refractivity contribution is -0.142. The van der Waals surface area contributed by atoms with E-state index in [0.29, 0.717) is 5.56 Å². The summed E-state index contributed by atoms with van der Waals surface area (Å²) in [6, 6.07) is 5.99. The number of carboxylic acids is 1. The Morgan fingerprint density at radius 1 is 1.32 bits per heavy atom. The van der Waals surface area contributed by atoms with Crippen molar-refractivity contribution in [3.63, 3.8) is 0 Å². The Balaban J connectivity index is 2.70. The van der Waals surface area contributed by atoms with E-state index in [1.807, 2.05) is 0 Å². The average molecular weight is 329 g/mol. The van der Waals surface area contributed by atoms with Gasteiger partial charge in [-0.25, -0.2) is 13.1 Å². The van der Waals surface area contributed by atoms with Gasteiger partial charge in [-0.2, -0.15) is 0 Å². The van der Waals surface area contributed by atoms with E-state index in [-0.39, 0.29) is 37.3 Å². The Labute approximate surface area is 129 Å². The number of carboxylic acid groups (broad SMARTS) is 1. The minimum absolute atomic E-state index is 0.00376. The molecule has 0 spiro atoms. The average Bonchev–Trinajstić information content (AvgIpc) is 2.44. The van der Waals surface area contributed by atoms with Gasteiger partial charge in [0.25, 0.3) is 0 Å². The van der Waals surface area contributed by atoms with Crippen molar-refractivity contribution < 1.29 is 27.9 Å². The Morgan fingerprint density at radius 3 is 2.68 bits per heavy atom. The van der Waals surface area contributed by atoms with Crippen LogP contribution in [0.15, 0.2) is 29.2 Å². The van der Waals surface area contributed by atoms with E-state index in [2.05, 4.69) is 4.72 Å². The van der Waals surface area contributed by atoms with Crippen molar-refractivity contribution in [3.05, 3.63) is 29.8 Å². The molecular formula is C14H19NO6S. The van der Waals surface area contributed by atoms with Crippen molar-refractivity contribution in [1.82, 2.24) is 4.72 Å². The Bertz CT molecular complexity index is 626. The molecule has 1 aromatic rings. The number of esters is 1. The van der Waals surface area contributed by atoms with Crippen molar-refractivity contribution in [1.29, 1.82) is 0 Å². The van der Waals surface area contributed by atoms with Crippen LogP contribution in [-0.4, -0.2) is 38.6 Å². The van der Waals surface area contributed by atoms with Crippen molar-refractivity contribution >= 4 is 22.0 Å². The lowest BCUT2D eigenvalue weighted by Crippen LogP contribution is -2.25. The van der Waals surface area contributed by atoms with E-state index in [0.717, 1.165) is 0 Å². The van der Waals surface area contributed by atoms with Crippen LogP contribution in [0.5, 0.6) is 0 Å². The molecule has 0 unspecified atom stereocenters. The van der Waals surface area contributed by atoms with Gasteiger partial charge in [0.15, 0.2) is 0 Å². The van der Waals surface area contributed by atoms with Crippen LogP contribution in [0.1, 0.15) is 25.3 Å². The third kappa shape index (κ3) is 6.23. The molecule has 0 amide bonds. The van der Waals surface area contributed by atoms with Crippen molar-refractivity contribution in [3.8, 4) is 0 Å². The van der Waals surface area contributed by atoms with Gasteiger partial charge < -0.3 is 9.84 Å². The maximum atomic E-state index is 12.1. The number of nitrogens with one attached hydrogen (secondary N) is 1. The summed E-state index contributed by atoms with van der Waals surface area (Å²) in [5.41, 5.74) is 0.534. The summed E-state index contributed by atoms with van der Waals surface area (Å²) in [5.74, 6) is -1.40. The van der Waals surface area contributed by atoms with Crippen LogP contribution in [-0.2, 0) is 30.8 Å². The first kappa shape index (κ1) is 18.1. The van der Waals surface area contributed by atoms with Crippen LogP contribution in [0, 0.1) is 0 Å². The largest absolute Gasteiger partial charge is 0.481 e. The highest BCUT2D eigenvalue weighted by molar-refractivity contribution is 7.89. The quantitative estimate of drug-likeness (QED) is 0.515. The maximum Gasteiger partial charge on any atom is 0.310 e. The summed E-state index contributed by atoms with van der Waals surface area (Å²) in [6.07, 6.45) is 0.0959. The van der Waals surface area contributed by atoms with Crippen LogP contribution < -0.4 is 4.72 Å². The number of aliphatic carboxylic acids is 1. The highest BCUT2D eigenvalue weighted by atomic mass is 32.2. The fourth-order valence-electron chi connectivity index (χ4n) is 1.73. The summed E-state index contributed by atoms with van der Waals surface area (Å²) in [4.78, 5) is 21.8. The van der Waals surface area contributed by atoms with Crippen molar-refractivity contribution in [2.45, 2.75) is 31.1 Å². The predicted octanol–water partition coefficient (Wildman–Crippen LogP) is 0.935. The van der Waals surface area contributed by atoms with Gasteiger partial charge in [-0.1, -0.05) is 12.1 Å². The van der Waals surface area contributed by atoms with Crippen molar-refractivity contribution in [2.24, 2.45) is 0 Å². The Hall–Kier alpha value is -1.93. The Kier molecular flexibility index (Phi) is 7.00. The number of rotatable bonds is 9. The SMILES string of the molecule is CCOC(=O)Cc1cccc(S(=O)(=O)NCCCC(=O)O)c1. The molecule has 0 atom stereocenters. The molecule has 0 saturated heterocycles. The molecule has 0 aliphatic rings. The number of ether oxygens (including phenoxy) is 1. The van der Waals surface area contributed by atoms with Gasteiger partial charge in [-0.05, 0) is 31.0 Å². The monoisotopic (exact) mass is 329 g/mol. The second-order valence-electron chi connectivity index (χ2n) is 4.52. The van der Waals surface area contributed by atoms with E-state index in [1.165, 1.54) is 12.1 Å². The number of benzene rings is 1. The lowest BCUT2D eigenvalue weighted by atomic mass is 10.1. The third-order valence-electron chi connectivity index (χ3n) is 2.72. The van der Waals surface area contributed by atoms with E-state index < -0.39 is 22.0 Å². The molecule has 122 valence electrons. The molecule has 0 bridgehead atoms. The number of hydrogen-bond acceptors (Lipinski definition) is 5. The molecule has 0 heterocycles. The molecule has 0 aliphatic heterocycles. The van der Waals surface area contributed by atoms with Gasteiger partial charge in [-0.3, -0.25) is 9.59 Å². The zero-order valence-electron chi connectivity index (χ0n) is 12.2. The molecule has 2 N–H and O–H groups in total. The van der Waals surface area contributed by atoms with Crippen LogP contribution >= 0.6 is 0 Å². The molecule has 0 saturated carbocycles. The zero-order valence-corrected chi connectivity index (χ0v) is 13.1. The van der Waals surface area contributed by atoms with Gasteiger partial charge >= 0.3 is 11.9 Å². The molecule has 8 heteroatoms. The van der Waals surface area contributed by atoms with E-state index >= 15 is 0 Å². The topological polar surface area (TPSA) is 110 Å². The molecule has 0 aliphatic carbocycles. The second kappa shape index (κ2) is 8.50. The van der Waals surface area contributed by atoms with Crippen LogP contribution in [0.3, 0.4) is 0 Å². The smallest absolute Gasteiger partial charge is 0.310 e.